The van der Waals surface area contributed by atoms with Gasteiger partial charge in [0.15, 0.2) is 0 Å². The summed E-state index contributed by atoms with van der Waals surface area (Å²) in [6.45, 7) is 0. The van der Waals surface area contributed by atoms with Gasteiger partial charge in [-0.1, -0.05) is 31.9 Å². The second-order valence-electron chi connectivity index (χ2n) is 3.83. The van der Waals surface area contributed by atoms with Gasteiger partial charge in [0.25, 0.3) is 5.91 Å². The van der Waals surface area contributed by atoms with E-state index in [1.54, 1.807) is 48.5 Å². The Bertz CT molecular complexity index is 566. The number of halogens is 2. The number of carbonyl (C=O) groups excluding carboxylic acids is 2. The van der Waals surface area contributed by atoms with Gasteiger partial charge >= 0.3 is 5.97 Å². The molecule has 0 spiro atoms. The summed E-state index contributed by atoms with van der Waals surface area (Å²) in [4.78, 5) is 28.2. The molecule has 6 heteroatoms. The zero-order valence-electron chi connectivity index (χ0n) is 10.1. The van der Waals surface area contributed by atoms with Gasteiger partial charge in [-0.3, -0.25) is 4.79 Å². The zero-order valence-corrected chi connectivity index (χ0v) is 13.3. The van der Waals surface area contributed by atoms with Crippen LogP contribution >= 0.6 is 31.9 Å². The molecule has 0 heterocycles. The number of hydroxylamine groups is 1. The minimum atomic E-state index is -0.622. The second kappa shape index (κ2) is 6.67. The first kappa shape index (κ1) is 14.7. The van der Waals surface area contributed by atoms with E-state index in [0.29, 0.717) is 11.1 Å². The molecule has 0 saturated heterocycles. The first-order chi connectivity index (χ1) is 9.56. The van der Waals surface area contributed by atoms with Crippen molar-refractivity contribution in [3.63, 3.8) is 0 Å². The summed E-state index contributed by atoms with van der Waals surface area (Å²) in [5.74, 6) is -1.11. The zero-order chi connectivity index (χ0) is 14.5. The van der Waals surface area contributed by atoms with Crippen LogP contribution in [0.5, 0.6) is 0 Å². The van der Waals surface area contributed by atoms with Crippen LogP contribution in [0.15, 0.2) is 57.5 Å². The third-order valence-electron chi connectivity index (χ3n) is 2.42. The molecule has 0 bridgehead atoms. The van der Waals surface area contributed by atoms with Crippen molar-refractivity contribution >= 4 is 43.7 Å². The number of hydrogen-bond acceptors (Lipinski definition) is 3. The molecular weight excluding hydrogens is 390 g/mol. The maximum atomic E-state index is 11.7. The van der Waals surface area contributed by atoms with Crippen molar-refractivity contribution in [1.82, 2.24) is 5.48 Å². The molecule has 0 unspecified atom stereocenters. The highest BCUT2D eigenvalue weighted by Crippen LogP contribution is 2.12. The molecule has 0 aliphatic heterocycles. The van der Waals surface area contributed by atoms with Crippen molar-refractivity contribution in [2.45, 2.75) is 0 Å². The van der Waals surface area contributed by atoms with E-state index >= 15 is 0 Å². The fourth-order valence-corrected chi connectivity index (χ4v) is 1.93. The molecule has 102 valence electrons. The average molecular weight is 399 g/mol. The van der Waals surface area contributed by atoms with Crippen molar-refractivity contribution < 1.29 is 14.4 Å². The van der Waals surface area contributed by atoms with Crippen molar-refractivity contribution in [2.24, 2.45) is 0 Å². The minimum Gasteiger partial charge on any atom is -0.335 e. The molecule has 1 N–H and O–H groups in total. The monoisotopic (exact) mass is 397 g/mol. The van der Waals surface area contributed by atoms with E-state index < -0.39 is 11.9 Å². The van der Waals surface area contributed by atoms with Crippen LogP contribution in [-0.4, -0.2) is 11.9 Å². The lowest BCUT2D eigenvalue weighted by Gasteiger charge is -2.06. The topological polar surface area (TPSA) is 55.4 Å². The molecule has 2 aromatic carbocycles. The van der Waals surface area contributed by atoms with E-state index in [1.165, 1.54) is 0 Å². The van der Waals surface area contributed by atoms with Gasteiger partial charge < -0.3 is 4.84 Å². The summed E-state index contributed by atoms with van der Waals surface area (Å²) in [5, 5.41) is 0. The van der Waals surface area contributed by atoms with Gasteiger partial charge in [0.05, 0.1) is 5.56 Å². The van der Waals surface area contributed by atoms with Gasteiger partial charge in [0, 0.05) is 14.5 Å². The Labute approximate surface area is 132 Å². The van der Waals surface area contributed by atoms with E-state index in [1.807, 2.05) is 0 Å². The van der Waals surface area contributed by atoms with E-state index in [9.17, 15) is 9.59 Å². The third kappa shape index (κ3) is 3.91. The fraction of sp³-hybridized carbons (Fsp3) is 0. The second-order valence-corrected chi connectivity index (χ2v) is 5.67. The Morgan fingerprint density at radius 2 is 1.25 bits per heavy atom. The van der Waals surface area contributed by atoms with E-state index in [-0.39, 0.29) is 0 Å². The molecule has 4 nitrogen and oxygen atoms in total. The van der Waals surface area contributed by atoms with Crippen LogP contribution < -0.4 is 5.48 Å². The maximum Gasteiger partial charge on any atom is 0.362 e. The molecule has 0 aliphatic rings. The summed E-state index contributed by atoms with van der Waals surface area (Å²) in [5.41, 5.74) is 2.87. The molecule has 0 radical (unpaired) electrons. The van der Waals surface area contributed by atoms with Crippen molar-refractivity contribution in [3.8, 4) is 0 Å². The molecule has 0 fully saturated rings. The first-order valence-electron chi connectivity index (χ1n) is 5.59. The Kier molecular flexibility index (Phi) is 4.92. The lowest BCUT2D eigenvalue weighted by molar-refractivity contribution is 0.0230. The average Bonchev–Trinajstić information content (AvgIpc) is 2.46. The largest absolute Gasteiger partial charge is 0.362 e. The molecule has 2 rings (SSSR count). The first-order valence-corrected chi connectivity index (χ1v) is 7.17. The number of carbonyl (C=O) groups is 2. The highest BCUT2D eigenvalue weighted by Gasteiger charge is 2.11. The maximum absolute atomic E-state index is 11.7. The fourth-order valence-electron chi connectivity index (χ4n) is 1.40. The van der Waals surface area contributed by atoms with Crippen LogP contribution in [0.4, 0.5) is 0 Å². The summed E-state index contributed by atoms with van der Waals surface area (Å²) < 4.78 is 1.72. The van der Waals surface area contributed by atoms with Gasteiger partial charge in [-0.05, 0) is 48.5 Å². The molecule has 2 aromatic rings. The molecule has 0 aromatic heterocycles. The highest BCUT2D eigenvalue weighted by molar-refractivity contribution is 9.10. The smallest absolute Gasteiger partial charge is 0.335 e. The molecular formula is C14H9Br2NO3. The molecule has 1 amide bonds. The normalized spacial score (nSPS) is 9.90. The minimum absolute atomic E-state index is 0.351. The molecule has 0 atom stereocenters. The van der Waals surface area contributed by atoms with Gasteiger partial charge in [-0.15, -0.1) is 0 Å². The Hall–Kier alpha value is -1.66. The van der Waals surface area contributed by atoms with Gasteiger partial charge in [0.2, 0.25) is 0 Å². The standard InChI is InChI=1S/C14H9Br2NO3/c15-11-5-1-9(2-6-11)13(18)17-20-14(19)10-3-7-12(16)8-4-10/h1-8H,(H,17,18). The third-order valence-corrected chi connectivity index (χ3v) is 3.48. The Morgan fingerprint density at radius 1 is 0.800 bits per heavy atom. The molecule has 20 heavy (non-hydrogen) atoms. The quantitative estimate of drug-likeness (QED) is 0.784. The predicted molar refractivity (Wildman–Crippen MR) is 81.2 cm³/mol. The number of amides is 1. The van der Waals surface area contributed by atoms with Crippen molar-refractivity contribution in [3.05, 3.63) is 68.6 Å². The Balaban J connectivity index is 1.94. The van der Waals surface area contributed by atoms with Crippen LogP contribution in [0, 0.1) is 0 Å². The van der Waals surface area contributed by atoms with Gasteiger partial charge in [0.1, 0.15) is 0 Å². The van der Waals surface area contributed by atoms with Crippen LogP contribution in [-0.2, 0) is 4.84 Å². The highest BCUT2D eigenvalue weighted by atomic mass is 79.9. The van der Waals surface area contributed by atoms with Gasteiger partial charge in [-0.25, -0.2) is 4.79 Å². The van der Waals surface area contributed by atoms with Crippen molar-refractivity contribution in [1.29, 1.82) is 0 Å². The van der Waals surface area contributed by atoms with Crippen LogP contribution in [0.25, 0.3) is 0 Å². The summed E-state index contributed by atoms with van der Waals surface area (Å²) in [7, 11) is 0. The van der Waals surface area contributed by atoms with Crippen LogP contribution in [0.1, 0.15) is 20.7 Å². The number of rotatable bonds is 2. The lowest BCUT2D eigenvalue weighted by atomic mass is 10.2. The van der Waals surface area contributed by atoms with E-state index in [0.717, 1.165) is 8.95 Å². The van der Waals surface area contributed by atoms with Crippen LogP contribution in [0.2, 0.25) is 0 Å². The number of nitrogens with one attached hydrogen (secondary N) is 1. The Morgan fingerprint density at radius 3 is 1.75 bits per heavy atom. The number of hydrogen-bond donors (Lipinski definition) is 1. The SMILES string of the molecule is O=C(NOC(=O)c1ccc(Br)cc1)c1ccc(Br)cc1. The summed E-state index contributed by atoms with van der Waals surface area (Å²) in [6.07, 6.45) is 0. The van der Waals surface area contributed by atoms with Crippen molar-refractivity contribution in [2.75, 3.05) is 0 Å². The van der Waals surface area contributed by atoms with Gasteiger partial charge in [-0.2, -0.15) is 5.48 Å². The lowest BCUT2D eigenvalue weighted by Crippen LogP contribution is -2.27. The summed E-state index contributed by atoms with van der Waals surface area (Å²) >= 11 is 6.54. The van der Waals surface area contributed by atoms with E-state index in [2.05, 4.69) is 37.3 Å². The summed E-state index contributed by atoms with van der Waals surface area (Å²) in [6, 6.07) is 13.3. The van der Waals surface area contributed by atoms with E-state index in [4.69, 9.17) is 4.84 Å². The molecule has 0 saturated carbocycles. The molecule has 0 aliphatic carbocycles. The number of benzene rings is 2. The van der Waals surface area contributed by atoms with Crippen LogP contribution in [0.3, 0.4) is 0 Å². The predicted octanol–water partition coefficient (Wildman–Crippen LogP) is 3.71.